The Balaban J connectivity index is 2.92. The normalized spacial score (nSPS) is 12.5. The van der Waals surface area contributed by atoms with E-state index in [9.17, 15) is 14.3 Å². The number of carbonyl (C=O) groups is 1. The van der Waals surface area contributed by atoms with Crippen molar-refractivity contribution in [1.82, 2.24) is 0 Å². The Bertz CT molecular complexity index is 374. The van der Waals surface area contributed by atoms with E-state index in [4.69, 9.17) is 22.4 Å². The maximum absolute atomic E-state index is 13.0. The topological polar surface area (TPSA) is 83.5 Å². The molecule has 0 aliphatic carbocycles. The number of carboxylic acid groups (broad SMARTS) is 1. The molecule has 0 saturated heterocycles. The molecular weight excluding hydrogens is 225 g/mol. The number of aromatic hydroxyl groups is 1. The van der Waals surface area contributed by atoms with Gasteiger partial charge in [0.1, 0.15) is 22.6 Å². The number of aliphatic carboxylic acids is 1. The van der Waals surface area contributed by atoms with E-state index in [2.05, 4.69) is 0 Å². The molecule has 6 heteroatoms. The quantitative estimate of drug-likeness (QED) is 0.731. The van der Waals surface area contributed by atoms with E-state index in [0.29, 0.717) is 0 Å². The Morgan fingerprint density at radius 2 is 2.20 bits per heavy atom. The first kappa shape index (κ1) is 11.7. The lowest BCUT2D eigenvalue weighted by Gasteiger charge is -2.07. The highest BCUT2D eigenvalue weighted by atomic mass is 35.5. The molecular formula is C9H9ClFNO3. The van der Waals surface area contributed by atoms with E-state index < -0.39 is 23.6 Å². The molecule has 0 radical (unpaired) electrons. The SMILES string of the molecule is NC(Cc1cc(O)c(Cl)c(F)c1)C(=O)O. The summed E-state index contributed by atoms with van der Waals surface area (Å²) < 4.78 is 13.0. The molecule has 4 nitrogen and oxygen atoms in total. The Labute approximate surface area is 90.1 Å². The largest absolute Gasteiger partial charge is 0.506 e. The van der Waals surface area contributed by atoms with E-state index >= 15 is 0 Å². The van der Waals surface area contributed by atoms with Crippen LogP contribution in [0.3, 0.4) is 0 Å². The first-order chi connectivity index (χ1) is 6.91. The van der Waals surface area contributed by atoms with E-state index in [1.807, 2.05) is 0 Å². The summed E-state index contributed by atoms with van der Waals surface area (Å²) in [6.07, 6.45) is -0.0724. The van der Waals surface area contributed by atoms with Crippen molar-refractivity contribution < 1.29 is 19.4 Å². The van der Waals surface area contributed by atoms with Gasteiger partial charge in [0.25, 0.3) is 0 Å². The van der Waals surface area contributed by atoms with Gasteiger partial charge in [-0.2, -0.15) is 0 Å². The lowest BCUT2D eigenvalue weighted by atomic mass is 10.1. The van der Waals surface area contributed by atoms with Gasteiger partial charge in [-0.15, -0.1) is 0 Å². The zero-order valence-corrected chi connectivity index (χ0v) is 8.33. The molecule has 0 amide bonds. The minimum Gasteiger partial charge on any atom is -0.506 e. The molecule has 1 unspecified atom stereocenters. The van der Waals surface area contributed by atoms with Crippen LogP contribution < -0.4 is 5.73 Å². The predicted molar refractivity (Wildman–Crippen MR) is 52.4 cm³/mol. The maximum Gasteiger partial charge on any atom is 0.320 e. The fourth-order valence-electron chi connectivity index (χ4n) is 1.09. The molecule has 1 aromatic carbocycles. The van der Waals surface area contributed by atoms with Crippen molar-refractivity contribution in [2.24, 2.45) is 5.73 Å². The third kappa shape index (κ3) is 2.81. The van der Waals surface area contributed by atoms with Crippen molar-refractivity contribution in [2.45, 2.75) is 12.5 Å². The second-order valence-corrected chi connectivity index (χ2v) is 3.44. The molecule has 82 valence electrons. The van der Waals surface area contributed by atoms with Crippen LogP contribution in [-0.2, 0) is 11.2 Å². The van der Waals surface area contributed by atoms with E-state index in [1.54, 1.807) is 0 Å². The van der Waals surface area contributed by atoms with Gasteiger partial charge in [-0.3, -0.25) is 4.79 Å². The van der Waals surface area contributed by atoms with Crippen molar-refractivity contribution in [2.75, 3.05) is 0 Å². The van der Waals surface area contributed by atoms with Crippen LogP contribution in [0.25, 0.3) is 0 Å². The minimum atomic E-state index is -1.19. The molecule has 0 fully saturated rings. The summed E-state index contributed by atoms with van der Waals surface area (Å²) in [6, 6.07) is 1.10. The number of phenols is 1. The highest BCUT2D eigenvalue weighted by Gasteiger charge is 2.15. The number of halogens is 2. The van der Waals surface area contributed by atoms with Crippen LogP contribution in [0.1, 0.15) is 5.56 Å². The summed E-state index contributed by atoms with van der Waals surface area (Å²) in [5.41, 5.74) is 5.53. The summed E-state index contributed by atoms with van der Waals surface area (Å²) in [4.78, 5) is 10.4. The zero-order chi connectivity index (χ0) is 11.6. The van der Waals surface area contributed by atoms with Crippen molar-refractivity contribution in [3.8, 4) is 5.75 Å². The smallest absolute Gasteiger partial charge is 0.320 e. The molecule has 0 aliphatic heterocycles. The average molecular weight is 234 g/mol. The molecule has 0 bridgehead atoms. The van der Waals surface area contributed by atoms with Crippen molar-refractivity contribution >= 4 is 17.6 Å². The van der Waals surface area contributed by atoms with Gasteiger partial charge in [0.15, 0.2) is 0 Å². The standard InChI is InChI=1S/C9H9ClFNO3/c10-8-5(11)1-4(3-7(8)13)2-6(12)9(14)15/h1,3,6,13H,2,12H2,(H,14,15). The van der Waals surface area contributed by atoms with Crippen molar-refractivity contribution in [3.05, 3.63) is 28.5 Å². The van der Waals surface area contributed by atoms with Crippen molar-refractivity contribution in [1.29, 1.82) is 0 Å². The van der Waals surface area contributed by atoms with Gasteiger partial charge in [-0.25, -0.2) is 4.39 Å². The van der Waals surface area contributed by atoms with Gasteiger partial charge >= 0.3 is 5.97 Å². The van der Waals surface area contributed by atoms with Crippen LogP contribution >= 0.6 is 11.6 Å². The summed E-state index contributed by atoms with van der Waals surface area (Å²) in [5.74, 6) is -2.42. The van der Waals surface area contributed by atoms with Crippen LogP contribution in [0, 0.1) is 5.82 Å². The lowest BCUT2D eigenvalue weighted by molar-refractivity contribution is -0.138. The third-order valence-corrected chi connectivity index (χ3v) is 2.22. The summed E-state index contributed by atoms with van der Waals surface area (Å²) in [5, 5.41) is 17.3. The molecule has 1 aromatic rings. The highest BCUT2D eigenvalue weighted by molar-refractivity contribution is 6.32. The average Bonchev–Trinajstić information content (AvgIpc) is 2.13. The number of carboxylic acids is 1. The number of hydrogen-bond acceptors (Lipinski definition) is 3. The van der Waals surface area contributed by atoms with Crippen LogP contribution in [0.15, 0.2) is 12.1 Å². The molecule has 0 heterocycles. The molecule has 0 aromatic heterocycles. The molecule has 0 saturated carbocycles. The fourth-order valence-corrected chi connectivity index (χ4v) is 1.20. The van der Waals surface area contributed by atoms with Gasteiger partial charge < -0.3 is 15.9 Å². The van der Waals surface area contributed by atoms with Gasteiger partial charge in [0.05, 0.1) is 0 Å². The number of rotatable bonds is 3. The van der Waals surface area contributed by atoms with E-state index in [-0.39, 0.29) is 17.0 Å². The molecule has 15 heavy (non-hydrogen) atoms. The number of phenolic OH excluding ortho intramolecular Hbond substituents is 1. The monoisotopic (exact) mass is 233 g/mol. The van der Waals surface area contributed by atoms with Gasteiger partial charge in [0, 0.05) is 0 Å². The van der Waals surface area contributed by atoms with E-state index in [1.165, 1.54) is 6.07 Å². The molecule has 1 atom stereocenters. The van der Waals surface area contributed by atoms with Gasteiger partial charge in [-0.05, 0) is 24.1 Å². The molecule has 4 N–H and O–H groups in total. The first-order valence-corrected chi connectivity index (χ1v) is 4.45. The minimum absolute atomic E-state index is 0.0724. The second-order valence-electron chi connectivity index (χ2n) is 3.06. The highest BCUT2D eigenvalue weighted by Crippen LogP contribution is 2.27. The fraction of sp³-hybridized carbons (Fsp3) is 0.222. The predicted octanol–water partition coefficient (Wildman–Crippen LogP) is 1.14. The molecule has 0 spiro atoms. The number of hydrogen-bond donors (Lipinski definition) is 3. The number of nitrogens with two attached hydrogens (primary N) is 1. The Kier molecular flexibility index (Phi) is 3.49. The second kappa shape index (κ2) is 4.46. The Hall–Kier alpha value is -1.33. The lowest BCUT2D eigenvalue weighted by Crippen LogP contribution is -2.32. The van der Waals surface area contributed by atoms with Gasteiger partial charge in [-0.1, -0.05) is 11.6 Å². The van der Waals surface area contributed by atoms with Crippen molar-refractivity contribution in [3.63, 3.8) is 0 Å². The van der Waals surface area contributed by atoms with Crippen LogP contribution in [0.4, 0.5) is 4.39 Å². The van der Waals surface area contributed by atoms with Gasteiger partial charge in [0.2, 0.25) is 0 Å². The molecule has 1 rings (SSSR count). The number of benzene rings is 1. The Morgan fingerprint density at radius 3 is 2.67 bits per heavy atom. The summed E-state index contributed by atoms with van der Waals surface area (Å²) in [7, 11) is 0. The van der Waals surface area contributed by atoms with Crippen LogP contribution in [-0.4, -0.2) is 22.2 Å². The zero-order valence-electron chi connectivity index (χ0n) is 7.58. The first-order valence-electron chi connectivity index (χ1n) is 4.07. The van der Waals surface area contributed by atoms with E-state index in [0.717, 1.165) is 6.07 Å². The summed E-state index contributed by atoms with van der Waals surface area (Å²) >= 11 is 5.38. The summed E-state index contributed by atoms with van der Waals surface area (Å²) in [6.45, 7) is 0. The molecule has 0 aliphatic rings. The van der Waals surface area contributed by atoms with Crippen LogP contribution in [0.5, 0.6) is 5.75 Å². The Morgan fingerprint density at radius 1 is 1.60 bits per heavy atom. The third-order valence-electron chi connectivity index (χ3n) is 1.84. The van der Waals surface area contributed by atoms with Crippen LogP contribution in [0.2, 0.25) is 5.02 Å². The maximum atomic E-state index is 13.0.